The number of aryl methyl sites for hydroxylation is 2. The van der Waals surface area contributed by atoms with Crippen molar-refractivity contribution in [2.45, 2.75) is 33.0 Å². The van der Waals surface area contributed by atoms with Crippen LogP contribution >= 0.6 is 11.6 Å². The minimum absolute atomic E-state index is 0.280. The number of nitrogens with zero attached hydrogens (tertiary/aromatic N) is 4. The molecule has 0 aliphatic carbocycles. The summed E-state index contributed by atoms with van der Waals surface area (Å²) in [6, 6.07) is 9.05. The summed E-state index contributed by atoms with van der Waals surface area (Å²) in [6.07, 6.45) is -0.347. The molecule has 0 aliphatic heterocycles. The van der Waals surface area contributed by atoms with Gasteiger partial charge in [-0.3, -0.25) is 4.98 Å². The van der Waals surface area contributed by atoms with Gasteiger partial charge in [0.1, 0.15) is 11.6 Å². The van der Waals surface area contributed by atoms with Crippen molar-refractivity contribution in [2.24, 2.45) is 0 Å². The van der Waals surface area contributed by atoms with E-state index in [4.69, 9.17) is 11.6 Å². The minimum Gasteiger partial charge on any atom is -0.338 e. The number of nitrogens with one attached hydrogen (secondary N) is 1. The van der Waals surface area contributed by atoms with Gasteiger partial charge in [0, 0.05) is 24.0 Å². The number of imidazole rings is 1. The normalized spacial score (nSPS) is 11.8. The number of anilines is 2. The van der Waals surface area contributed by atoms with Gasteiger partial charge in [0.2, 0.25) is 0 Å². The van der Waals surface area contributed by atoms with E-state index in [1.54, 1.807) is 18.5 Å². The van der Waals surface area contributed by atoms with Crippen LogP contribution in [0.2, 0.25) is 5.02 Å². The summed E-state index contributed by atoms with van der Waals surface area (Å²) >= 11 is 6.44. The molecule has 0 unspecified atom stereocenters. The van der Waals surface area contributed by atoms with Crippen molar-refractivity contribution >= 4 is 34.1 Å². The first-order chi connectivity index (χ1) is 14.8. The van der Waals surface area contributed by atoms with E-state index in [9.17, 15) is 13.2 Å². The molecule has 0 aliphatic rings. The number of fused-ring (bicyclic) bond motifs is 1. The molecular formula is C22H19ClF3N5. The zero-order valence-electron chi connectivity index (χ0n) is 16.8. The first-order valence-corrected chi connectivity index (χ1v) is 10.1. The molecule has 9 heteroatoms. The molecule has 4 aromatic rings. The van der Waals surface area contributed by atoms with Gasteiger partial charge in [0.15, 0.2) is 0 Å². The van der Waals surface area contributed by atoms with E-state index in [0.29, 0.717) is 34.3 Å². The molecule has 0 spiro atoms. The van der Waals surface area contributed by atoms with Crippen LogP contribution in [0.15, 0.2) is 48.8 Å². The van der Waals surface area contributed by atoms with E-state index in [-0.39, 0.29) is 5.52 Å². The van der Waals surface area contributed by atoms with Crippen molar-refractivity contribution in [3.8, 4) is 11.4 Å². The van der Waals surface area contributed by atoms with Crippen LogP contribution in [0.4, 0.5) is 24.7 Å². The first-order valence-electron chi connectivity index (χ1n) is 9.69. The van der Waals surface area contributed by atoms with Crippen molar-refractivity contribution in [3.05, 3.63) is 65.1 Å². The van der Waals surface area contributed by atoms with E-state index in [1.165, 1.54) is 6.07 Å². The van der Waals surface area contributed by atoms with Gasteiger partial charge in [-0.2, -0.15) is 13.2 Å². The fraction of sp³-hybridized carbons (Fsp3) is 0.227. The third kappa shape index (κ3) is 4.34. The standard InChI is InChI=1S/C22H19ClF3N5/c1-3-8-31-19-7-5-15(22(24,25)26)10-18(19)30-21(31)14-9-17(23)20(28-11-14)29-16-6-4-13(2)27-12-16/h4-7,9-12H,3,8H2,1-2H3,(H,28,29). The van der Waals surface area contributed by atoms with Crippen LogP contribution in [-0.2, 0) is 12.7 Å². The predicted molar refractivity (Wildman–Crippen MR) is 116 cm³/mol. The molecular weight excluding hydrogens is 427 g/mol. The Morgan fingerprint density at radius 2 is 1.87 bits per heavy atom. The summed E-state index contributed by atoms with van der Waals surface area (Å²) in [4.78, 5) is 13.1. The lowest BCUT2D eigenvalue weighted by molar-refractivity contribution is -0.137. The highest BCUT2D eigenvalue weighted by Gasteiger charge is 2.31. The molecule has 31 heavy (non-hydrogen) atoms. The van der Waals surface area contributed by atoms with E-state index in [0.717, 1.165) is 29.9 Å². The van der Waals surface area contributed by atoms with Gasteiger partial charge >= 0.3 is 6.18 Å². The lowest BCUT2D eigenvalue weighted by Crippen LogP contribution is -2.04. The minimum atomic E-state index is -4.42. The van der Waals surface area contributed by atoms with Gasteiger partial charge in [-0.05, 0) is 49.7 Å². The highest BCUT2D eigenvalue weighted by atomic mass is 35.5. The van der Waals surface area contributed by atoms with E-state index < -0.39 is 11.7 Å². The Bertz CT molecular complexity index is 1230. The van der Waals surface area contributed by atoms with E-state index >= 15 is 0 Å². The van der Waals surface area contributed by atoms with Gasteiger partial charge < -0.3 is 9.88 Å². The van der Waals surface area contributed by atoms with Crippen LogP contribution in [0.25, 0.3) is 22.4 Å². The quantitative estimate of drug-likeness (QED) is 0.374. The van der Waals surface area contributed by atoms with Crippen LogP contribution in [0.3, 0.4) is 0 Å². The molecule has 4 rings (SSSR count). The average molecular weight is 446 g/mol. The number of hydrogen-bond acceptors (Lipinski definition) is 4. The summed E-state index contributed by atoms with van der Waals surface area (Å²) in [5.41, 5.74) is 2.44. The van der Waals surface area contributed by atoms with Gasteiger partial charge in [-0.1, -0.05) is 18.5 Å². The van der Waals surface area contributed by atoms with Gasteiger partial charge in [0.05, 0.1) is 33.5 Å². The van der Waals surface area contributed by atoms with Crippen molar-refractivity contribution in [3.63, 3.8) is 0 Å². The lowest BCUT2D eigenvalue weighted by Gasteiger charge is -2.11. The smallest absolute Gasteiger partial charge is 0.338 e. The molecule has 0 radical (unpaired) electrons. The molecule has 0 amide bonds. The van der Waals surface area contributed by atoms with Gasteiger partial charge in [-0.25, -0.2) is 9.97 Å². The fourth-order valence-electron chi connectivity index (χ4n) is 3.31. The molecule has 5 nitrogen and oxygen atoms in total. The maximum absolute atomic E-state index is 13.1. The predicted octanol–water partition coefficient (Wildman–Crippen LogP) is 6.63. The van der Waals surface area contributed by atoms with E-state index in [2.05, 4.69) is 20.3 Å². The zero-order chi connectivity index (χ0) is 22.2. The fourth-order valence-corrected chi connectivity index (χ4v) is 3.52. The Labute approximate surface area is 181 Å². The van der Waals surface area contributed by atoms with Gasteiger partial charge in [-0.15, -0.1) is 0 Å². The molecule has 0 saturated carbocycles. The van der Waals surface area contributed by atoms with Crippen LogP contribution in [0.5, 0.6) is 0 Å². The summed E-state index contributed by atoms with van der Waals surface area (Å²) < 4.78 is 41.2. The largest absolute Gasteiger partial charge is 0.416 e. The molecule has 0 atom stereocenters. The second-order valence-corrected chi connectivity index (χ2v) is 7.56. The Morgan fingerprint density at radius 1 is 1.06 bits per heavy atom. The third-order valence-corrected chi connectivity index (χ3v) is 5.08. The second kappa shape index (κ2) is 8.19. The topological polar surface area (TPSA) is 55.6 Å². The third-order valence-electron chi connectivity index (χ3n) is 4.80. The number of aromatic nitrogens is 4. The Morgan fingerprint density at radius 3 is 2.52 bits per heavy atom. The van der Waals surface area contributed by atoms with Crippen molar-refractivity contribution in [2.75, 3.05) is 5.32 Å². The molecule has 0 saturated heterocycles. The highest BCUT2D eigenvalue weighted by molar-refractivity contribution is 6.33. The molecule has 1 aromatic carbocycles. The molecule has 0 fully saturated rings. The Hall–Kier alpha value is -3.13. The summed E-state index contributed by atoms with van der Waals surface area (Å²) in [5.74, 6) is 0.975. The van der Waals surface area contributed by atoms with Crippen LogP contribution in [0.1, 0.15) is 24.6 Å². The maximum Gasteiger partial charge on any atom is 0.416 e. The lowest BCUT2D eigenvalue weighted by atomic mass is 10.2. The summed E-state index contributed by atoms with van der Waals surface area (Å²) in [7, 11) is 0. The van der Waals surface area contributed by atoms with Crippen LogP contribution < -0.4 is 5.32 Å². The molecule has 3 aromatic heterocycles. The Balaban J connectivity index is 1.74. The molecule has 3 heterocycles. The molecule has 0 bridgehead atoms. The highest BCUT2D eigenvalue weighted by Crippen LogP contribution is 2.34. The summed E-state index contributed by atoms with van der Waals surface area (Å²) in [6.45, 7) is 4.49. The number of rotatable bonds is 5. The van der Waals surface area contributed by atoms with Crippen molar-refractivity contribution < 1.29 is 13.2 Å². The monoisotopic (exact) mass is 445 g/mol. The number of alkyl halides is 3. The number of pyridine rings is 2. The number of benzene rings is 1. The maximum atomic E-state index is 13.1. The first kappa shape index (κ1) is 21.1. The van der Waals surface area contributed by atoms with Crippen molar-refractivity contribution in [1.29, 1.82) is 0 Å². The van der Waals surface area contributed by atoms with Crippen LogP contribution in [0, 0.1) is 6.92 Å². The molecule has 1 N–H and O–H groups in total. The van der Waals surface area contributed by atoms with E-state index in [1.807, 2.05) is 30.5 Å². The Kier molecular flexibility index (Phi) is 5.58. The second-order valence-electron chi connectivity index (χ2n) is 7.16. The zero-order valence-corrected chi connectivity index (χ0v) is 17.6. The summed E-state index contributed by atoms with van der Waals surface area (Å²) in [5, 5.41) is 3.48. The van der Waals surface area contributed by atoms with Crippen LogP contribution in [-0.4, -0.2) is 19.5 Å². The van der Waals surface area contributed by atoms with Gasteiger partial charge in [0.25, 0.3) is 0 Å². The average Bonchev–Trinajstić information content (AvgIpc) is 3.08. The molecule has 160 valence electrons. The number of hydrogen-bond donors (Lipinski definition) is 1. The van der Waals surface area contributed by atoms with Crippen molar-refractivity contribution in [1.82, 2.24) is 19.5 Å². The SMILES string of the molecule is CCCn1c(-c2cnc(Nc3ccc(C)nc3)c(Cl)c2)nc2cc(C(F)(F)F)ccc21. The number of halogens is 4.